The average molecular weight is 466 g/mol. The fourth-order valence-electron chi connectivity index (χ4n) is 3.63. The standard InChI is InChI=1S/C28H23N3O2S/c32-26(29-22-16-8-3-9-17-22)23-18-10-11-19-24(23)30-28(34)31-27(33)25(20-12-4-1-5-13-20)21-14-6-2-7-15-21/h1-19,25H,(H,29,32)(H2,30,31,33,34). The van der Waals surface area contributed by atoms with Gasteiger partial charge >= 0.3 is 0 Å². The molecule has 4 rings (SSSR count). The summed E-state index contributed by atoms with van der Waals surface area (Å²) < 4.78 is 0. The lowest BCUT2D eigenvalue weighted by Gasteiger charge is -2.19. The summed E-state index contributed by atoms with van der Waals surface area (Å²) in [5.41, 5.74) is 3.31. The molecule has 0 aromatic heterocycles. The Morgan fingerprint density at radius 3 is 1.71 bits per heavy atom. The minimum Gasteiger partial charge on any atom is -0.332 e. The normalized spacial score (nSPS) is 10.4. The van der Waals surface area contributed by atoms with E-state index in [-0.39, 0.29) is 16.9 Å². The molecule has 34 heavy (non-hydrogen) atoms. The number of hydrogen-bond acceptors (Lipinski definition) is 3. The molecule has 0 heterocycles. The van der Waals surface area contributed by atoms with Gasteiger partial charge in [-0.05, 0) is 47.6 Å². The minimum atomic E-state index is -0.529. The Bertz CT molecular complexity index is 1240. The van der Waals surface area contributed by atoms with Crippen LogP contribution in [0.5, 0.6) is 0 Å². The molecule has 0 aliphatic carbocycles. The van der Waals surface area contributed by atoms with Gasteiger partial charge in [0.25, 0.3) is 5.91 Å². The van der Waals surface area contributed by atoms with Gasteiger partial charge in [-0.3, -0.25) is 9.59 Å². The second kappa shape index (κ2) is 11.0. The van der Waals surface area contributed by atoms with Crippen LogP contribution in [0.25, 0.3) is 0 Å². The van der Waals surface area contributed by atoms with Gasteiger partial charge in [0.1, 0.15) is 0 Å². The lowest BCUT2D eigenvalue weighted by atomic mass is 9.90. The molecule has 0 aliphatic heterocycles. The van der Waals surface area contributed by atoms with Crippen molar-refractivity contribution in [3.8, 4) is 0 Å². The Morgan fingerprint density at radius 1 is 0.618 bits per heavy atom. The van der Waals surface area contributed by atoms with Gasteiger partial charge < -0.3 is 16.0 Å². The quantitative estimate of drug-likeness (QED) is 0.325. The fourth-order valence-corrected chi connectivity index (χ4v) is 3.84. The van der Waals surface area contributed by atoms with Crippen LogP contribution in [0.2, 0.25) is 0 Å². The number of hydrogen-bond donors (Lipinski definition) is 3. The smallest absolute Gasteiger partial charge is 0.257 e. The number of amides is 2. The van der Waals surface area contributed by atoms with Crippen molar-refractivity contribution in [2.75, 3.05) is 10.6 Å². The van der Waals surface area contributed by atoms with E-state index in [0.717, 1.165) is 11.1 Å². The molecule has 0 atom stereocenters. The van der Waals surface area contributed by atoms with Crippen LogP contribution >= 0.6 is 12.2 Å². The molecule has 0 saturated heterocycles. The summed E-state index contributed by atoms with van der Waals surface area (Å²) >= 11 is 5.43. The Kier molecular flexibility index (Phi) is 7.42. The monoisotopic (exact) mass is 465 g/mol. The summed E-state index contributed by atoms with van der Waals surface area (Å²) in [6.07, 6.45) is 0. The number of nitrogens with one attached hydrogen (secondary N) is 3. The molecule has 4 aromatic rings. The van der Waals surface area contributed by atoms with Crippen LogP contribution in [-0.4, -0.2) is 16.9 Å². The SMILES string of the molecule is O=C(Nc1ccccc1)c1ccccc1NC(=S)NC(=O)C(c1ccccc1)c1ccccc1. The zero-order chi connectivity index (χ0) is 23.8. The van der Waals surface area contributed by atoms with Crippen molar-refractivity contribution in [2.24, 2.45) is 0 Å². The van der Waals surface area contributed by atoms with Crippen molar-refractivity contribution < 1.29 is 9.59 Å². The lowest BCUT2D eigenvalue weighted by Crippen LogP contribution is -2.38. The van der Waals surface area contributed by atoms with Gasteiger partial charge in [0, 0.05) is 5.69 Å². The Morgan fingerprint density at radius 2 is 1.12 bits per heavy atom. The highest BCUT2D eigenvalue weighted by Crippen LogP contribution is 2.25. The lowest BCUT2D eigenvalue weighted by molar-refractivity contribution is -0.120. The van der Waals surface area contributed by atoms with E-state index in [1.54, 1.807) is 24.3 Å². The van der Waals surface area contributed by atoms with E-state index in [9.17, 15) is 9.59 Å². The highest BCUT2D eigenvalue weighted by atomic mass is 32.1. The first-order valence-corrected chi connectivity index (χ1v) is 11.2. The van der Waals surface area contributed by atoms with Gasteiger partial charge in [-0.2, -0.15) is 0 Å². The van der Waals surface area contributed by atoms with Gasteiger partial charge in [0.2, 0.25) is 5.91 Å². The number of benzene rings is 4. The van der Waals surface area contributed by atoms with Gasteiger partial charge in [-0.15, -0.1) is 0 Å². The molecule has 0 spiro atoms. The number of rotatable bonds is 6. The molecule has 2 amide bonds. The van der Waals surface area contributed by atoms with Crippen molar-refractivity contribution in [1.82, 2.24) is 5.32 Å². The first kappa shape index (κ1) is 22.9. The Hall–Kier alpha value is -4.29. The van der Waals surface area contributed by atoms with E-state index < -0.39 is 5.92 Å². The molecule has 168 valence electrons. The largest absolute Gasteiger partial charge is 0.332 e. The predicted molar refractivity (Wildman–Crippen MR) is 140 cm³/mol. The molecule has 5 nitrogen and oxygen atoms in total. The van der Waals surface area contributed by atoms with Gasteiger partial charge in [0.05, 0.1) is 17.2 Å². The van der Waals surface area contributed by atoms with E-state index in [4.69, 9.17) is 12.2 Å². The first-order chi connectivity index (χ1) is 16.6. The molecule has 0 radical (unpaired) electrons. The zero-order valence-corrected chi connectivity index (χ0v) is 19.1. The Labute approximate surface area is 203 Å². The second-order valence-corrected chi connectivity index (χ2v) is 7.97. The van der Waals surface area contributed by atoms with Gasteiger partial charge in [-0.1, -0.05) is 91.0 Å². The summed E-state index contributed by atoms with van der Waals surface area (Å²) in [5, 5.41) is 8.77. The van der Waals surface area contributed by atoms with Crippen LogP contribution in [0.4, 0.5) is 11.4 Å². The molecule has 4 aromatic carbocycles. The summed E-state index contributed by atoms with van der Waals surface area (Å²) in [4.78, 5) is 26.1. The average Bonchev–Trinajstić information content (AvgIpc) is 2.86. The van der Waals surface area contributed by atoms with E-state index in [0.29, 0.717) is 16.9 Å². The van der Waals surface area contributed by atoms with Crippen molar-refractivity contribution in [2.45, 2.75) is 5.92 Å². The number of thiocarbonyl (C=S) groups is 1. The van der Waals surface area contributed by atoms with Crippen LogP contribution in [-0.2, 0) is 4.79 Å². The summed E-state index contributed by atoms with van der Waals surface area (Å²) in [7, 11) is 0. The molecule has 6 heteroatoms. The number of carbonyl (C=O) groups is 2. The van der Waals surface area contributed by atoms with E-state index in [1.165, 1.54) is 0 Å². The number of para-hydroxylation sites is 2. The van der Waals surface area contributed by atoms with E-state index >= 15 is 0 Å². The van der Waals surface area contributed by atoms with Crippen LogP contribution < -0.4 is 16.0 Å². The van der Waals surface area contributed by atoms with Crippen LogP contribution in [0.15, 0.2) is 115 Å². The van der Waals surface area contributed by atoms with Crippen LogP contribution in [0.3, 0.4) is 0 Å². The first-order valence-electron chi connectivity index (χ1n) is 10.8. The fraction of sp³-hybridized carbons (Fsp3) is 0.0357. The molecule has 0 bridgehead atoms. The van der Waals surface area contributed by atoms with E-state index in [1.807, 2.05) is 91.0 Å². The molecular formula is C28H23N3O2S. The molecule has 0 aliphatic rings. The van der Waals surface area contributed by atoms with E-state index in [2.05, 4.69) is 16.0 Å². The summed E-state index contributed by atoms with van der Waals surface area (Å²) in [6, 6.07) is 35.3. The maximum absolute atomic E-state index is 13.3. The highest BCUT2D eigenvalue weighted by molar-refractivity contribution is 7.80. The highest BCUT2D eigenvalue weighted by Gasteiger charge is 2.23. The Balaban J connectivity index is 1.50. The molecule has 3 N–H and O–H groups in total. The maximum atomic E-state index is 13.3. The number of carbonyl (C=O) groups excluding carboxylic acids is 2. The van der Waals surface area contributed by atoms with Crippen molar-refractivity contribution in [3.05, 3.63) is 132 Å². The third-order valence-electron chi connectivity index (χ3n) is 5.22. The molecular weight excluding hydrogens is 442 g/mol. The third kappa shape index (κ3) is 5.74. The topological polar surface area (TPSA) is 70.2 Å². The summed E-state index contributed by atoms with van der Waals surface area (Å²) in [6.45, 7) is 0. The second-order valence-electron chi connectivity index (χ2n) is 7.56. The third-order valence-corrected chi connectivity index (χ3v) is 5.42. The maximum Gasteiger partial charge on any atom is 0.257 e. The molecule has 0 saturated carbocycles. The molecule has 0 unspecified atom stereocenters. The van der Waals surface area contributed by atoms with Crippen LogP contribution in [0, 0.1) is 0 Å². The van der Waals surface area contributed by atoms with Crippen molar-refractivity contribution in [1.29, 1.82) is 0 Å². The predicted octanol–water partition coefficient (Wildman–Crippen LogP) is 5.58. The van der Waals surface area contributed by atoms with Gasteiger partial charge in [0.15, 0.2) is 5.11 Å². The molecule has 0 fully saturated rings. The van der Waals surface area contributed by atoms with Crippen LogP contribution in [0.1, 0.15) is 27.4 Å². The van der Waals surface area contributed by atoms with Crippen molar-refractivity contribution in [3.63, 3.8) is 0 Å². The minimum absolute atomic E-state index is 0.113. The van der Waals surface area contributed by atoms with Crippen molar-refractivity contribution >= 4 is 40.5 Å². The number of anilines is 2. The van der Waals surface area contributed by atoms with Gasteiger partial charge in [-0.25, -0.2) is 0 Å². The summed E-state index contributed by atoms with van der Waals surface area (Å²) in [5.74, 6) is -1.07. The zero-order valence-electron chi connectivity index (χ0n) is 18.3.